The maximum absolute atomic E-state index is 13.5. The molecule has 0 unspecified atom stereocenters. The molecule has 0 spiro atoms. The third-order valence-corrected chi connectivity index (χ3v) is 3.10. The fraction of sp³-hybridized carbons (Fsp3) is 0.0714. The minimum Gasteiger partial charge on any atom is -0.479 e. The molecule has 0 aliphatic heterocycles. The average Bonchev–Trinajstić information content (AvgIpc) is 2.45. The number of aliphatic carboxylic acids is 1. The van der Waals surface area contributed by atoms with Gasteiger partial charge in [0.15, 0.2) is 11.9 Å². The van der Waals surface area contributed by atoms with Gasteiger partial charge in [-0.3, -0.25) is 9.78 Å². The molecule has 0 fully saturated rings. The summed E-state index contributed by atoms with van der Waals surface area (Å²) in [5, 5.41) is 11.7. The summed E-state index contributed by atoms with van der Waals surface area (Å²) in [5.74, 6) is -2.99. The van der Waals surface area contributed by atoms with Crippen LogP contribution in [0.5, 0.6) is 0 Å². The van der Waals surface area contributed by atoms with Gasteiger partial charge in [0.1, 0.15) is 0 Å². The number of rotatable bonds is 4. The minimum absolute atomic E-state index is 0.195. The lowest BCUT2D eigenvalue weighted by molar-refractivity contribution is -0.139. The molecule has 2 rings (SSSR count). The van der Waals surface area contributed by atoms with Crippen LogP contribution in [0.3, 0.4) is 0 Å². The van der Waals surface area contributed by atoms with E-state index in [1.807, 2.05) is 0 Å². The van der Waals surface area contributed by atoms with Gasteiger partial charge in [-0.25, -0.2) is 9.18 Å². The number of carboxylic acids is 1. The second-order valence-corrected chi connectivity index (χ2v) is 4.53. The SMILES string of the molecule is O=C(N[C@@H](C(=O)O)c1ccccc1Cl)c1ccncc1F. The van der Waals surface area contributed by atoms with Crippen molar-refractivity contribution in [3.63, 3.8) is 0 Å². The molecule has 21 heavy (non-hydrogen) atoms. The van der Waals surface area contributed by atoms with E-state index in [9.17, 15) is 19.1 Å². The van der Waals surface area contributed by atoms with Crippen LogP contribution in [0.15, 0.2) is 42.7 Å². The second kappa shape index (κ2) is 6.32. The van der Waals surface area contributed by atoms with E-state index in [0.29, 0.717) is 0 Å². The van der Waals surface area contributed by atoms with Gasteiger partial charge in [-0.2, -0.15) is 0 Å². The van der Waals surface area contributed by atoms with Crippen LogP contribution < -0.4 is 5.32 Å². The topological polar surface area (TPSA) is 79.3 Å². The first kappa shape index (κ1) is 14.9. The molecule has 0 bridgehead atoms. The van der Waals surface area contributed by atoms with Gasteiger partial charge < -0.3 is 10.4 Å². The lowest BCUT2D eigenvalue weighted by Crippen LogP contribution is -2.34. The van der Waals surface area contributed by atoms with Gasteiger partial charge in [0.2, 0.25) is 0 Å². The number of aromatic nitrogens is 1. The highest BCUT2D eigenvalue weighted by Crippen LogP contribution is 2.23. The number of carbonyl (C=O) groups is 2. The fourth-order valence-corrected chi connectivity index (χ4v) is 1.99. The third kappa shape index (κ3) is 3.35. The van der Waals surface area contributed by atoms with E-state index in [2.05, 4.69) is 10.3 Å². The van der Waals surface area contributed by atoms with Gasteiger partial charge in [-0.05, 0) is 12.1 Å². The first-order valence-corrected chi connectivity index (χ1v) is 6.26. The molecule has 1 aromatic heterocycles. The summed E-state index contributed by atoms with van der Waals surface area (Å²) in [6.07, 6.45) is 2.11. The Morgan fingerprint density at radius 3 is 2.62 bits per heavy atom. The maximum atomic E-state index is 13.5. The predicted octanol–water partition coefficient (Wildman–Crippen LogP) is 2.43. The maximum Gasteiger partial charge on any atom is 0.330 e. The quantitative estimate of drug-likeness (QED) is 0.909. The summed E-state index contributed by atoms with van der Waals surface area (Å²) in [4.78, 5) is 26.8. The van der Waals surface area contributed by atoms with E-state index in [0.717, 1.165) is 12.3 Å². The zero-order chi connectivity index (χ0) is 15.4. The van der Waals surface area contributed by atoms with Crippen molar-refractivity contribution >= 4 is 23.5 Å². The Balaban J connectivity index is 2.30. The molecule has 0 saturated carbocycles. The van der Waals surface area contributed by atoms with E-state index in [4.69, 9.17) is 11.6 Å². The highest BCUT2D eigenvalue weighted by atomic mass is 35.5. The molecule has 2 aromatic rings. The Kier molecular flexibility index (Phi) is 4.49. The average molecular weight is 309 g/mol. The van der Waals surface area contributed by atoms with Gasteiger partial charge >= 0.3 is 5.97 Å². The Morgan fingerprint density at radius 1 is 1.29 bits per heavy atom. The van der Waals surface area contributed by atoms with E-state index in [1.165, 1.54) is 18.3 Å². The molecule has 1 atom stereocenters. The molecule has 7 heteroatoms. The number of hydrogen-bond donors (Lipinski definition) is 2. The van der Waals surface area contributed by atoms with Crippen molar-refractivity contribution in [2.24, 2.45) is 0 Å². The number of amides is 1. The Hall–Kier alpha value is -2.47. The molecular formula is C14H10ClFN2O3. The number of benzene rings is 1. The van der Waals surface area contributed by atoms with Crippen molar-refractivity contribution in [1.29, 1.82) is 0 Å². The Labute approximate surface area is 124 Å². The van der Waals surface area contributed by atoms with Crippen LogP contribution in [0.2, 0.25) is 5.02 Å². The van der Waals surface area contributed by atoms with Crippen LogP contribution in [-0.2, 0) is 4.79 Å². The van der Waals surface area contributed by atoms with E-state index in [-0.39, 0.29) is 16.1 Å². The predicted molar refractivity (Wildman–Crippen MR) is 73.5 cm³/mol. The standard InChI is InChI=1S/C14H10ClFN2O3/c15-10-4-2-1-3-8(10)12(14(20)21)18-13(19)9-5-6-17-7-11(9)16/h1-7,12H,(H,18,19)(H,20,21)/t12-/m1/s1. The minimum atomic E-state index is -1.38. The van der Waals surface area contributed by atoms with E-state index >= 15 is 0 Å². The molecule has 1 amide bonds. The van der Waals surface area contributed by atoms with Crippen molar-refractivity contribution in [2.75, 3.05) is 0 Å². The summed E-state index contributed by atoms with van der Waals surface area (Å²) < 4.78 is 13.5. The third-order valence-electron chi connectivity index (χ3n) is 2.76. The lowest BCUT2D eigenvalue weighted by Gasteiger charge is -2.16. The zero-order valence-corrected chi connectivity index (χ0v) is 11.3. The Morgan fingerprint density at radius 2 is 2.00 bits per heavy atom. The van der Waals surface area contributed by atoms with E-state index in [1.54, 1.807) is 12.1 Å². The molecule has 0 aliphatic rings. The zero-order valence-electron chi connectivity index (χ0n) is 10.6. The summed E-state index contributed by atoms with van der Waals surface area (Å²) in [7, 11) is 0. The van der Waals surface area contributed by atoms with Crippen LogP contribution in [0, 0.1) is 5.82 Å². The number of halogens is 2. The van der Waals surface area contributed by atoms with Gasteiger partial charge in [0.05, 0.1) is 11.8 Å². The normalized spacial score (nSPS) is 11.7. The van der Waals surface area contributed by atoms with Crippen molar-refractivity contribution in [2.45, 2.75) is 6.04 Å². The highest BCUT2D eigenvalue weighted by molar-refractivity contribution is 6.31. The fourth-order valence-electron chi connectivity index (χ4n) is 1.75. The molecule has 1 heterocycles. The number of carboxylic acid groups (broad SMARTS) is 1. The first-order valence-electron chi connectivity index (χ1n) is 5.88. The molecular weight excluding hydrogens is 299 g/mol. The molecule has 108 valence electrons. The van der Waals surface area contributed by atoms with Crippen molar-refractivity contribution in [3.05, 3.63) is 64.7 Å². The van der Waals surface area contributed by atoms with Crippen LogP contribution in [0.25, 0.3) is 0 Å². The van der Waals surface area contributed by atoms with Gasteiger partial charge in [0, 0.05) is 16.8 Å². The monoisotopic (exact) mass is 308 g/mol. The van der Waals surface area contributed by atoms with Crippen molar-refractivity contribution in [3.8, 4) is 0 Å². The van der Waals surface area contributed by atoms with Crippen LogP contribution in [0.1, 0.15) is 22.0 Å². The molecule has 0 radical (unpaired) electrons. The summed E-state index contributed by atoms with van der Waals surface area (Å²) in [6, 6.07) is 6.00. The Bertz CT molecular complexity index is 693. The molecule has 0 saturated heterocycles. The largest absolute Gasteiger partial charge is 0.479 e. The van der Waals surface area contributed by atoms with Crippen LogP contribution >= 0.6 is 11.6 Å². The number of pyridine rings is 1. The molecule has 0 aliphatic carbocycles. The van der Waals surface area contributed by atoms with E-state index < -0.39 is 23.7 Å². The summed E-state index contributed by atoms with van der Waals surface area (Å²) in [5.41, 5.74) is -0.0715. The molecule has 1 aromatic carbocycles. The van der Waals surface area contributed by atoms with Gasteiger partial charge in [0.25, 0.3) is 5.91 Å². The summed E-state index contributed by atoms with van der Waals surface area (Å²) >= 11 is 5.93. The summed E-state index contributed by atoms with van der Waals surface area (Å²) in [6.45, 7) is 0. The number of hydrogen-bond acceptors (Lipinski definition) is 3. The number of nitrogens with one attached hydrogen (secondary N) is 1. The highest BCUT2D eigenvalue weighted by Gasteiger charge is 2.25. The second-order valence-electron chi connectivity index (χ2n) is 4.12. The number of carbonyl (C=O) groups excluding carboxylic acids is 1. The van der Waals surface area contributed by atoms with Crippen molar-refractivity contribution in [1.82, 2.24) is 10.3 Å². The van der Waals surface area contributed by atoms with Gasteiger partial charge in [-0.15, -0.1) is 0 Å². The van der Waals surface area contributed by atoms with Crippen LogP contribution in [-0.4, -0.2) is 22.0 Å². The lowest BCUT2D eigenvalue weighted by atomic mass is 10.1. The van der Waals surface area contributed by atoms with Crippen molar-refractivity contribution < 1.29 is 19.1 Å². The molecule has 2 N–H and O–H groups in total. The van der Waals surface area contributed by atoms with Gasteiger partial charge in [-0.1, -0.05) is 29.8 Å². The smallest absolute Gasteiger partial charge is 0.330 e. The van der Waals surface area contributed by atoms with Crippen LogP contribution in [0.4, 0.5) is 4.39 Å². The molecule has 5 nitrogen and oxygen atoms in total. The number of nitrogens with zero attached hydrogens (tertiary/aromatic N) is 1. The first-order chi connectivity index (χ1) is 10.0.